The van der Waals surface area contributed by atoms with Gasteiger partial charge in [-0.25, -0.2) is 0 Å². The summed E-state index contributed by atoms with van der Waals surface area (Å²) in [6.45, 7) is 2.09. The van der Waals surface area contributed by atoms with Crippen LogP contribution in [0.25, 0.3) is 0 Å². The lowest BCUT2D eigenvalue weighted by atomic mass is 9.96. The summed E-state index contributed by atoms with van der Waals surface area (Å²) >= 11 is 0. The molecule has 0 bridgehead atoms. The molecule has 2 heteroatoms. The van der Waals surface area contributed by atoms with Crippen molar-refractivity contribution in [3.63, 3.8) is 0 Å². The number of carbonyl (C=O) groups is 1. The molecule has 1 atom stereocenters. The van der Waals surface area contributed by atoms with Gasteiger partial charge in [0.05, 0.1) is 6.42 Å². The molecule has 0 aliphatic heterocycles. The fraction of sp³-hybridized carbons (Fsp3) is 0.444. The molecule has 0 fully saturated rings. The molecule has 0 radical (unpaired) electrons. The smallest absolute Gasteiger partial charge is 0.307 e. The molecule has 1 rings (SSSR count). The Bertz CT molecular complexity index is 214. The summed E-state index contributed by atoms with van der Waals surface area (Å²) < 4.78 is 0. The van der Waals surface area contributed by atoms with Gasteiger partial charge in [-0.2, -0.15) is 0 Å². The van der Waals surface area contributed by atoms with E-state index in [2.05, 4.69) is 6.92 Å². The number of aliphatic carboxylic acids is 1. The number of rotatable bonds is 2. The summed E-state index contributed by atoms with van der Waals surface area (Å²) in [5.74, 6) is -0.260. The largest absolute Gasteiger partial charge is 0.481 e. The molecule has 0 amide bonds. The Hall–Kier alpha value is -1.05. The molecule has 0 aromatic carbocycles. The quantitative estimate of drug-likeness (QED) is 0.657. The van der Waals surface area contributed by atoms with Crippen LogP contribution in [0.1, 0.15) is 19.8 Å². The van der Waals surface area contributed by atoms with Gasteiger partial charge >= 0.3 is 5.97 Å². The molecule has 1 aliphatic rings. The van der Waals surface area contributed by atoms with Gasteiger partial charge in [-0.15, -0.1) is 0 Å². The average molecular weight is 152 g/mol. The molecule has 0 aromatic rings. The van der Waals surface area contributed by atoms with E-state index in [1.165, 1.54) is 0 Å². The van der Waals surface area contributed by atoms with E-state index in [4.69, 9.17) is 5.11 Å². The molecule has 60 valence electrons. The minimum atomic E-state index is -0.755. The molecule has 0 saturated heterocycles. The number of carboxylic acid groups (broad SMARTS) is 1. The van der Waals surface area contributed by atoms with Crippen molar-refractivity contribution in [2.45, 2.75) is 19.8 Å². The van der Waals surface area contributed by atoms with Crippen LogP contribution in [0, 0.1) is 5.92 Å². The molecule has 1 unspecified atom stereocenters. The zero-order valence-corrected chi connectivity index (χ0v) is 6.58. The highest BCUT2D eigenvalue weighted by Crippen LogP contribution is 2.17. The Balaban J connectivity index is 2.57. The van der Waals surface area contributed by atoms with E-state index in [0.717, 1.165) is 12.0 Å². The van der Waals surface area contributed by atoms with E-state index in [9.17, 15) is 4.79 Å². The van der Waals surface area contributed by atoms with Crippen LogP contribution in [0.2, 0.25) is 0 Å². The normalized spacial score (nSPS) is 23.0. The summed E-state index contributed by atoms with van der Waals surface area (Å²) in [5, 5.41) is 8.48. The summed E-state index contributed by atoms with van der Waals surface area (Å²) in [4.78, 5) is 10.3. The fourth-order valence-electron chi connectivity index (χ4n) is 1.22. The predicted octanol–water partition coefficient (Wildman–Crippen LogP) is 1.98. The lowest BCUT2D eigenvalue weighted by molar-refractivity contribution is -0.136. The van der Waals surface area contributed by atoms with Crippen molar-refractivity contribution in [1.29, 1.82) is 0 Å². The second kappa shape index (κ2) is 3.37. The Kier molecular flexibility index (Phi) is 2.47. The minimum absolute atomic E-state index is 0.154. The van der Waals surface area contributed by atoms with Crippen LogP contribution in [-0.4, -0.2) is 11.1 Å². The third-order valence-corrected chi connectivity index (χ3v) is 1.69. The van der Waals surface area contributed by atoms with Crippen LogP contribution < -0.4 is 0 Å². The predicted molar refractivity (Wildman–Crippen MR) is 43.3 cm³/mol. The molecule has 0 heterocycles. The molecule has 0 aromatic heterocycles. The molecular formula is C9H12O2. The first kappa shape index (κ1) is 8.05. The van der Waals surface area contributed by atoms with Crippen molar-refractivity contribution in [3.05, 3.63) is 23.8 Å². The Labute approximate surface area is 66.2 Å². The highest BCUT2D eigenvalue weighted by Gasteiger charge is 2.06. The first-order valence-electron chi connectivity index (χ1n) is 3.77. The van der Waals surface area contributed by atoms with Gasteiger partial charge in [0.2, 0.25) is 0 Å². The van der Waals surface area contributed by atoms with Gasteiger partial charge in [0.1, 0.15) is 0 Å². The van der Waals surface area contributed by atoms with Crippen LogP contribution >= 0.6 is 0 Å². The lowest BCUT2D eigenvalue weighted by Gasteiger charge is -2.09. The highest BCUT2D eigenvalue weighted by molar-refractivity contribution is 5.71. The first-order valence-corrected chi connectivity index (χ1v) is 3.77. The maximum Gasteiger partial charge on any atom is 0.307 e. The number of carboxylic acids is 1. The van der Waals surface area contributed by atoms with E-state index in [-0.39, 0.29) is 6.42 Å². The SMILES string of the molecule is CC1C=C(CC(=O)O)C=CC1. The average Bonchev–Trinajstić information content (AvgIpc) is 1.85. The van der Waals surface area contributed by atoms with Gasteiger partial charge < -0.3 is 5.11 Å². The Morgan fingerprint density at radius 2 is 2.55 bits per heavy atom. The zero-order chi connectivity index (χ0) is 8.27. The van der Waals surface area contributed by atoms with Crippen LogP contribution in [0.5, 0.6) is 0 Å². The molecule has 0 saturated carbocycles. The van der Waals surface area contributed by atoms with Crippen molar-refractivity contribution >= 4 is 5.97 Å². The molecule has 2 nitrogen and oxygen atoms in total. The van der Waals surface area contributed by atoms with Gasteiger partial charge in [-0.1, -0.05) is 25.2 Å². The van der Waals surface area contributed by atoms with Gasteiger partial charge in [0.25, 0.3) is 0 Å². The van der Waals surface area contributed by atoms with Gasteiger partial charge in [-0.05, 0) is 17.9 Å². The zero-order valence-electron chi connectivity index (χ0n) is 6.58. The number of allylic oxidation sites excluding steroid dienone is 3. The van der Waals surface area contributed by atoms with Gasteiger partial charge in [0, 0.05) is 0 Å². The van der Waals surface area contributed by atoms with Gasteiger partial charge in [0.15, 0.2) is 0 Å². The van der Waals surface area contributed by atoms with E-state index in [1.807, 2.05) is 18.2 Å². The summed E-state index contributed by atoms with van der Waals surface area (Å²) in [6, 6.07) is 0. The first-order chi connectivity index (χ1) is 5.18. The fourth-order valence-corrected chi connectivity index (χ4v) is 1.22. The second-order valence-corrected chi connectivity index (χ2v) is 2.93. The second-order valence-electron chi connectivity index (χ2n) is 2.93. The summed E-state index contributed by atoms with van der Waals surface area (Å²) in [5.41, 5.74) is 0.927. The molecule has 11 heavy (non-hydrogen) atoms. The number of hydrogen-bond donors (Lipinski definition) is 1. The van der Waals surface area contributed by atoms with Crippen LogP contribution in [0.15, 0.2) is 23.8 Å². The molecule has 1 aliphatic carbocycles. The number of hydrogen-bond acceptors (Lipinski definition) is 1. The van der Waals surface area contributed by atoms with Crippen molar-refractivity contribution in [2.24, 2.45) is 5.92 Å². The minimum Gasteiger partial charge on any atom is -0.481 e. The molecular weight excluding hydrogens is 140 g/mol. The maximum absolute atomic E-state index is 10.3. The van der Waals surface area contributed by atoms with Crippen LogP contribution in [0.3, 0.4) is 0 Å². The topological polar surface area (TPSA) is 37.3 Å². The van der Waals surface area contributed by atoms with Gasteiger partial charge in [-0.3, -0.25) is 4.79 Å². The van der Waals surface area contributed by atoms with Crippen molar-refractivity contribution in [3.8, 4) is 0 Å². The molecule has 1 N–H and O–H groups in total. The van der Waals surface area contributed by atoms with E-state index >= 15 is 0 Å². The van der Waals surface area contributed by atoms with Crippen molar-refractivity contribution < 1.29 is 9.90 Å². The van der Waals surface area contributed by atoms with Crippen molar-refractivity contribution in [1.82, 2.24) is 0 Å². The monoisotopic (exact) mass is 152 g/mol. The Morgan fingerprint density at radius 3 is 3.09 bits per heavy atom. The van der Waals surface area contributed by atoms with Crippen LogP contribution in [0.4, 0.5) is 0 Å². The standard InChI is InChI=1S/C9H12O2/c1-7-3-2-4-8(5-7)6-9(10)11/h2,4-5,7H,3,6H2,1H3,(H,10,11). The Morgan fingerprint density at radius 1 is 1.82 bits per heavy atom. The maximum atomic E-state index is 10.3. The van der Waals surface area contributed by atoms with E-state index < -0.39 is 5.97 Å². The summed E-state index contributed by atoms with van der Waals surface area (Å²) in [7, 11) is 0. The van der Waals surface area contributed by atoms with E-state index in [0.29, 0.717) is 5.92 Å². The lowest BCUT2D eigenvalue weighted by Crippen LogP contribution is -2.00. The third kappa shape index (κ3) is 2.58. The van der Waals surface area contributed by atoms with Crippen LogP contribution in [-0.2, 0) is 4.79 Å². The summed E-state index contributed by atoms with van der Waals surface area (Å²) in [6.07, 6.45) is 7.13. The highest BCUT2D eigenvalue weighted by atomic mass is 16.4. The third-order valence-electron chi connectivity index (χ3n) is 1.69. The van der Waals surface area contributed by atoms with E-state index in [1.54, 1.807) is 0 Å². The molecule has 0 spiro atoms. The van der Waals surface area contributed by atoms with Crippen molar-refractivity contribution in [2.75, 3.05) is 0 Å².